The number of nitro groups is 1. The smallest absolute Gasteiger partial charge is 0.270 e. The van der Waals surface area contributed by atoms with Gasteiger partial charge in [-0.3, -0.25) is 24.5 Å². The Morgan fingerprint density at radius 2 is 1.74 bits per heavy atom. The molecule has 1 heterocycles. The third-order valence-corrected chi connectivity index (χ3v) is 6.07. The quantitative estimate of drug-likeness (QED) is 0.274. The molecule has 0 spiro atoms. The summed E-state index contributed by atoms with van der Waals surface area (Å²) in [5, 5.41) is 12.0. The summed E-state index contributed by atoms with van der Waals surface area (Å²) in [4.78, 5) is 52.6. The predicted molar refractivity (Wildman–Crippen MR) is 127 cm³/mol. The van der Waals surface area contributed by atoms with Gasteiger partial charge in [-0.15, -0.1) is 0 Å². The van der Waals surface area contributed by atoms with Gasteiger partial charge in [-0.25, -0.2) is 4.90 Å². The summed E-state index contributed by atoms with van der Waals surface area (Å²) < 4.78 is 0. The third kappa shape index (κ3) is 4.64. The number of anilines is 1. The first-order valence-corrected chi connectivity index (χ1v) is 10.9. The van der Waals surface area contributed by atoms with Gasteiger partial charge in [0.25, 0.3) is 17.5 Å². The van der Waals surface area contributed by atoms with Crippen molar-refractivity contribution in [3.05, 3.63) is 104 Å². The number of nitrogens with zero attached hydrogens (tertiary/aromatic N) is 3. The summed E-state index contributed by atoms with van der Waals surface area (Å²) in [6, 6.07) is 17.1. The molecule has 172 valence electrons. The van der Waals surface area contributed by atoms with Crippen LogP contribution in [-0.2, 0) is 16.1 Å². The van der Waals surface area contributed by atoms with Gasteiger partial charge >= 0.3 is 0 Å². The van der Waals surface area contributed by atoms with E-state index in [-0.39, 0.29) is 24.2 Å². The van der Waals surface area contributed by atoms with Gasteiger partial charge in [-0.2, -0.15) is 0 Å². The SMILES string of the molecule is O=C1CC(N(Cc2ccccc2Cl)C(=O)c2cccc([N+](=O)[O-])c2)C(=O)N1c1ccc(Cl)cc1. The number of carbonyl (C=O) groups excluding carboxylic acids is 3. The second-order valence-corrected chi connectivity index (χ2v) is 8.44. The Morgan fingerprint density at radius 3 is 2.41 bits per heavy atom. The van der Waals surface area contributed by atoms with Crippen molar-refractivity contribution in [3.8, 4) is 0 Å². The number of rotatable bonds is 6. The number of imide groups is 1. The van der Waals surface area contributed by atoms with Gasteiger partial charge in [0.15, 0.2) is 0 Å². The monoisotopic (exact) mass is 497 g/mol. The van der Waals surface area contributed by atoms with Crippen LogP contribution < -0.4 is 4.90 Å². The van der Waals surface area contributed by atoms with Crippen molar-refractivity contribution in [1.29, 1.82) is 0 Å². The molecule has 0 bridgehead atoms. The molecule has 1 saturated heterocycles. The molecular weight excluding hydrogens is 481 g/mol. The lowest BCUT2D eigenvalue weighted by molar-refractivity contribution is -0.384. The summed E-state index contributed by atoms with van der Waals surface area (Å²) in [5.74, 6) is -1.70. The highest BCUT2D eigenvalue weighted by molar-refractivity contribution is 6.31. The Morgan fingerprint density at radius 1 is 1.03 bits per heavy atom. The first kappa shape index (κ1) is 23.4. The second kappa shape index (κ2) is 9.62. The van der Waals surface area contributed by atoms with Crippen LogP contribution in [0.4, 0.5) is 11.4 Å². The molecule has 0 aliphatic carbocycles. The zero-order chi connectivity index (χ0) is 24.4. The summed E-state index contributed by atoms with van der Waals surface area (Å²) >= 11 is 12.2. The van der Waals surface area contributed by atoms with Gasteiger partial charge in [-0.05, 0) is 42.0 Å². The maximum absolute atomic E-state index is 13.5. The average molecular weight is 498 g/mol. The molecule has 1 aliphatic rings. The maximum Gasteiger partial charge on any atom is 0.270 e. The van der Waals surface area contributed by atoms with Crippen molar-refractivity contribution in [2.45, 2.75) is 19.0 Å². The number of benzene rings is 3. The number of amides is 3. The van der Waals surface area contributed by atoms with Gasteiger partial charge in [0.05, 0.1) is 17.0 Å². The van der Waals surface area contributed by atoms with Crippen LogP contribution in [0.15, 0.2) is 72.8 Å². The van der Waals surface area contributed by atoms with E-state index in [0.717, 1.165) is 11.0 Å². The average Bonchev–Trinajstić information content (AvgIpc) is 3.12. The van der Waals surface area contributed by atoms with Crippen LogP contribution in [0.1, 0.15) is 22.3 Å². The van der Waals surface area contributed by atoms with Gasteiger partial charge in [-0.1, -0.05) is 47.5 Å². The van der Waals surface area contributed by atoms with E-state index in [2.05, 4.69) is 0 Å². The van der Waals surface area contributed by atoms with Gasteiger partial charge in [0, 0.05) is 34.3 Å². The first-order valence-electron chi connectivity index (χ1n) is 10.2. The van der Waals surface area contributed by atoms with Crippen molar-refractivity contribution >= 4 is 52.3 Å². The Balaban J connectivity index is 1.73. The standard InChI is InChI=1S/C24H17Cl2N3O5/c25-17-8-10-18(11-9-17)28-22(30)13-21(24(28)32)27(14-16-4-1-2-7-20(16)26)23(31)15-5-3-6-19(12-15)29(33)34/h1-12,21H,13-14H2. The molecule has 3 aromatic carbocycles. The number of non-ortho nitro benzene ring substituents is 1. The fourth-order valence-corrected chi connectivity index (χ4v) is 4.09. The van der Waals surface area contributed by atoms with Crippen molar-refractivity contribution in [2.75, 3.05) is 4.90 Å². The van der Waals surface area contributed by atoms with Crippen LogP contribution in [0.3, 0.4) is 0 Å². The van der Waals surface area contributed by atoms with Crippen molar-refractivity contribution in [2.24, 2.45) is 0 Å². The largest absolute Gasteiger partial charge is 0.322 e. The molecule has 1 aliphatic heterocycles. The Hall–Kier alpha value is -3.75. The predicted octanol–water partition coefficient (Wildman–Crippen LogP) is 4.88. The molecule has 4 rings (SSSR count). The number of nitro benzene ring substituents is 1. The van der Waals surface area contributed by atoms with Crippen LogP contribution in [-0.4, -0.2) is 33.6 Å². The lowest BCUT2D eigenvalue weighted by atomic mass is 10.1. The molecule has 34 heavy (non-hydrogen) atoms. The molecule has 1 unspecified atom stereocenters. The summed E-state index contributed by atoms with van der Waals surface area (Å²) in [6.07, 6.45) is -0.243. The summed E-state index contributed by atoms with van der Waals surface area (Å²) in [7, 11) is 0. The number of carbonyl (C=O) groups is 3. The molecule has 0 saturated carbocycles. The molecule has 10 heteroatoms. The van der Waals surface area contributed by atoms with Crippen molar-refractivity contribution < 1.29 is 19.3 Å². The summed E-state index contributed by atoms with van der Waals surface area (Å²) in [6.45, 7) is -0.0701. The third-order valence-electron chi connectivity index (χ3n) is 5.45. The van der Waals surface area contributed by atoms with Crippen LogP contribution in [0.5, 0.6) is 0 Å². The van der Waals surface area contributed by atoms with Crippen LogP contribution in [0.25, 0.3) is 0 Å². The Bertz CT molecular complexity index is 1300. The van der Waals surface area contributed by atoms with Crippen molar-refractivity contribution in [3.63, 3.8) is 0 Å². The Labute approximate surface area is 204 Å². The number of halogens is 2. The summed E-state index contributed by atoms with van der Waals surface area (Å²) in [5.41, 5.74) is 0.655. The van der Waals surface area contributed by atoms with Crippen LogP contribution in [0.2, 0.25) is 10.0 Å². The Kier molecular flexibility index (Phi) is 6.63. The number of hydrogen-bond donors (Lipinski definition) is 0. The van der Waals surface area contributed by atoms with E-state index in [4.69, 9.17) is 23.2 Å². The molecule has 0 radical (unpaired) electrons. The molecule has 3 amide bonds. The molecule has 8 nitrogen and oxygen atoms in total. The lowest BCUT2D eigenvalue weighted by Crippen LogP contribution is -2.45. The first-order chi connectivity index (χ1) is 16.3. The van der Waals surface area contributed by atoms with E-state index in [9.17, 15) is 24.5 Å². The zero-order valence-electron chi connectivity index (χ0n) is 17.6. The molecule has 0 aromatic heterocycles. The molecule has 1 atom stereocenters. The van der Waals surface area contributed by atoms with E-state index in [1.165, 1.54) is 23.1 Å². The fraction of sp³-hybridized carbons (Fsp3) is 0.125. The highest BCUT2D eigenvalue weighted by Gasteiger charge is 2.44. The lowest BCUT2D eigenvalue weighted by Gasteiger charge is -2.28. The van der Waals surface area contributed by atoms with E-state index >= 15 is 0 Å². The minimum atomic E-state index is -1.12. The minimum absolute atomic E-state index is 0.0199. The highest BCUT2D eigenvalue weighted by Crippen LogP contribution is 2.30. The molecule has 1 fully saturated rings. The van der Waals surface area contributed by atoms with E-state index in [0.29, 0.717) is 21.3 Å². The van der Waals surface area contributed by atoms with Crippen molar-refractivity contribution in [1.82, 2.24) is 4.90 Å². The van der Waals surface area contributed by atoms with Crippen LogP contribution >= 0.6 is 23.2 Å². The highest BCUT2D eigenvalue weighted by atomic mass is 35.5. The minimum Gasteiger partial charge on any atom is -0.322 e. The molecule has 0 N–H and O–H groups in total. The van der Waals surface area contributed by atoms with E-state index < -0.39 is 28.7 Å². The topological polar surface area (TPSA) is 101 Å². The van der Waals surface area contributed by atoms with Crippen LogP contribution in [0, 0.1) is 10.1 Å². The van der Waals surface area contributed by atoms with E-state index in [1.54, 1.807) is 48.5 Å². The van der Waals surface area contributed by atoms with Gasteiger partial charge < -0.3 is 4.90 Å². The molecule has 3 aromatic rings. The fourth-order valence-electron chi connectivity index (χ4n) is 3.77. The van der Waals surface area contributed by atoms with Gasteiger partial charge in [0.1, 0.15) is 6.04 Å². The zero-order valence-corrected chi connectivity index (χ0v) is 19.1. The normalized spacial score (nSPS) is 15.5. The maximum atomic E-state index is 13.5. The number of hydrogen-bond acceptors (Lipinski definition) is 5. The van der Waals surface area contributed by atoms with E-state index in [1.807, 2.05) is 0 Å². The molecular formula is C24H17Cl2N3O5. The second-order valence-electron chi connectivity index (χ2n) is 7.60. The van der Waals surface area contributed by atoms with Gasteiger partial charge in [0.2, 0.25) is 5.91 Å².